The van der Waals surface area contributed by atoms with Crippen molar-refractivity contribution in [2.75, 3.05) is 18.5 Å². The van der Waals surface area contributed by atoms with Crippen molar-refractivity contribution in [2.45, 2.75) is 44.6 Å². The Morgan fingerprint density at radius 2 is 1.97 bits per heavy atom. The molecule has 0 aliphatic carbocycles. The first-order valence-corrected chi connectivity index (χ1v) is 10.9. The Labute approximate surface area is 191 Å². The summed E-state index contributed by atoms with van der Waals surface area (Å²) >= 11 is 0. The summed E-state index contributed by atoms with van der Waals surface area (Å²) in [6.45, 7) is 2.44. The maximum absolute atomic E-state index is 13.7. The molecular weight excluding hydrogens is 429 g/mol. The fraction of sp³-hybridized carbons (Fsp3) is 0.375. The second-order valence-corrected chi connectivity index (χ2v) is 8.19. The quantitative estimate of drug-likeness (QED) is 0.669. The van der Waals surface area contributed by atoms with E-state index in [0.717, 1.165) is 12.8 Å². The summed E-state index contributed by atoms with van der Waals surface area (Å²) < 4.78 is 24.9. The summed E-state index contributed by atoms with van der Waals surface area (Å²) in [6, 6.07) is 11.7. The van der Waals surface area contributed by atoms with Crippen LogP contribution in [0.3, 0.4) is 0 Å². The van der Waals surface area contributed by atoms with E-state index in [4.69, 9.17) is 9.47 Å². The molecule has 0 unspecified atom stereocenters. The Morgan fingerprint density at radius 3 is 2.64 bits per heavy atom. The highest BCUT2D eigenvalue weighted by Gasteiger charge is 2.47. The van der Waals surface area contributed by atoms with Gasteiger partial charge in [0.05, 0.1) is 12.6 Å². The predicted octanol–water partition coefficient (Wildman–Crippen LogP) is 3.14. The van der Waals surface area contributed by atoms with Crippen LogP contribution in [-0.4, -0.2) is 48.1 Å². The number of nitrogens with zero attached hydrogens (tertiary/aromatic N) is 1. The normalized spacial score (nSPS) is 22.2. The topological polar surface area (TPSA) is 97.0 Å². The molecule has 2 fully saturated rings. The van der Waals surface area contributed by atoms with Gasteiger partial charge >= 0.3 is 6.09 Å². The van der Waals surface area contributed by atoms with E-state index in [1.807, 2.05) is 0 Å². The zero-order valence-corrected chi connectivity index (χ0v) is 18.3. The summed E-state index contributed by atoms with van der Waals surface area (Å²) in [7, 11) is 0. The summed E-state index contributed by atoms with van der Waals surface area (Å²) in [5, 5.41) is 5.56. The lowest BCUT2D eigenvalue weighted by molar-refractivity contribution is -0.126. The number of hydrogen-bond acceptors (Lipinski definition) is 5. The number of anilines is 1. The van der Waals surface area contributed by atoms with Gasteiger partial charge in [0.25, 0.3) is 0 Å². The Hall–Kier alpha value is -3.46. The first kappa shape index (κ1) is 22.7. The summed E-state index contributed by atoms with van der Waals surface area (Å²) in [6.07, 6.45) is 0.232. The van der Waals surface area contributed by atoms with E-state index in [0.29, 0.717) is 30.0 Å². The van der Waals surface area contributed by atoms with Gasteiger partial charge in [-0.1, -0.05) is 24.3 Å². The second-order valence-electron chi connectivity index (χ2n) is 8.19. The number of carbonyl (C=O) groups excluding carboxylic acids is 3. The minimum absolute atomic E-state index is 0.0229. The molecule has 8 nitrogen and oxygen atoms in total. The molecule has 2 aromatic rings. The molecule has 9 heteroatoms. The van der Waals surface area contributed by atoms with Gasteiger partial charge in [0.2, 0.25) is 11.8 Å². The third-order valence-electron chi connectivity index (χ3n) is 5.68. The van der Waals surface area contributed by atoms with E-state index in [9.17, 15) is 18.8 Å². The molecule has 0 bridgehead atoms. The van der Waals surface area contributed by atoms with E-state index in [1.54, 1.807) is 36.4 Å². The number of benzene rings is 2. The fourth-order valence-corrected chi connectivity index (χ4v) is 4.13. The Kier molecular flexibility index (Phi) is 6.88. The van der Waals surface area contributed by atoms with Crippen molar-refractivity contribution in [3.63, 3.8) is 0 Å². The summed E-state index contributed by atoms with van der Waals surface area (Å²) in [4.78, 5) is 38.6. The fourth-order valence-electron chi connectivity index (χ4n) is 4.13. The highest BCUT2D eigenvalue weighted by Crippen LogP contribution is 2.34. The van der Waals surface area contributed by atoms with Gasteiger partial charge in [-0.15, -0.1) is 0 Å². The van der Waals surface area contributed by atoms with Gasteiger partial charge in [-0.05, 0) is 48.2 Å². The van der Waals surface area contributed by atoms with E-state index >= 15 is 0 Å². The van der Waals surface area contributed by atoms with Crippen LogP contribution in [0.4, 0.5) is 14.9 Å². The number of halogens is 1. The molecule has 33 heavy (non-hydrogen) atoms. The maximum atomic E-state index is 13.7. The average molecular weight is 455 g/mol. The van der Waals surface area contributed by atoms with E-state index in [1.165, 1.54) is 24.0 Å². The lowest BCUT2D eigenvalue weighted by atomic mass is 10.00. The average Bonchev–Trinajstić information content (AvgIpc) is 3.41. The van der Waals surface area contributed by atoms with Crippen molar-refractivity contribution in [1.82, 2.24) is 10.2 Å². The molecule has 4 rings (SSSR count). The molecule has 0 aromatic heterocycles. The van der Waals surface area contributed by atoms with Crippen molar-refractivity contribution in [3.05, 3.63) is 65.5 Å². The third-order valence-corrected chi connectivity index (χ3v) is 5.68. The standard InChI is InChI=1S/C24H26FN3O5/c1-15(29)27-19-9-7-17(8-10-19)22-21(23(30)26-13-20-6-3-11-32-20)28(24(31)33-22)14-16-4-2-5-18(25)12-16/h2,4-5,7-10,12,20-22H,3,6,11,13-14H2,1H3,(H,26,30)(H,27,29)/t20-,21-,22-/m0/s1. The summed E-state index contributed by atoms with van der Waals surface area (Å²) in [5.41, 5.74) is 1.74. The smallest absolute Gasteiger partial charge is 0.411 e. The van der Waals surface area contributed by atoms with E-state index in [-0.39, 0.29) is 24.5 Å². The van der Waals surface area contributed by atoms with Gasteiger partial charge in [-0.25, -0.2) is 9.18 Å². The van der Waals surface area contributed by atoms with Crippen molar-refractivity contribution in [1.29, 1.82) is 0 Å². The first-order valence-electron chi connectivity index (χ1n) is 10.9. The van der Waals surface area contributed by atoms with Crippen LogP contribution in [0.25, 0.3) is 0 Å². The highest BCUT2D eigenvalue weighted by atomic mass is 19.1. The predicted molar refractivity (Wildman–Crippen MR) is 118 cm³/mol. The SMILES string of the molecule is CC(=O)Nc1ccc([C@@H]2OC(=O)N(Cc3cccc(F)c3)[C@@H]2C(=O)NC[C@@H]2CCCO2)cc1. The number of rotatable bonds is 7. The van der Waals surface area contributed by atoms with Crippen molar-refractivity contribution in [2.24, 2.45) is 0 Å². The molecule has 174 valence electrons. The van der Waals surface area contributed by atoms with Crippen LogP contribution in [-0.2, 0) is 25.6 Å². The van der Waals surface area contributed by atoms with Crippen molar-refractivity contribution >= 4 is 23.6 Å². The number of amides is 3. The molecular formula is C24H26FN3O5. The Bertz CT molecular complexity index is 1020. The van der Waals surface area contributed by atoms with Crippen LogP contribution in [0.2, 0.25) is 0 Å². The third kappa shape index (κ3) is 5.48. The van der Waals surface area contributed by atoms with Crippen molar-refractivity contribution < 1.29 is 28.2 Å². The van der Waals surface area contributed by atoms with E-state index < -0.39 is 24.1 Å². The van der Waals surface area contributed by atoms with Gasteiger partial charge < -0.3 is 20.1 Å². The molecule has 0 saturated carbocycles. The Morgan fingerprint density at radius 1 is 1.18 bits per heavy atom. The monoisotopic (exact) mass is 455 g/mol. The van der Waals surface area contributed by atoms with Crippen LogP contribution >= 0.6 is 0 Å². The van der Waals surface area contributed by atoms with Crippen molar-refractivity contribution in [3.8, 4) is 0 Å². The van der Waals surface area contributed by atoms with E-state index in [2.05, 4.69) is 10.6 Å². The molecule has 0 spiro atoms. The van der Waals surface area contributed by atoms with Crippen LogP contribution in [0.1, 0.15) is 37.0 Å². The molecule has 2 saturated heterocycles. The number of ether oxygens (including phenoxy) is 2. The minimum Gasteiger partial charge on any atom is -0.438 e. The lowest BCUT2D eigenvalue weighted by Crippen LogP contribution is -2.47. The zero-order valence-electron chi connectivity index (χ0n) is 18.3. The molecule has 0 radical (unpaired) electrons. The first-order chi connectivity index (χ1) is 15.9. The Balaban J connectivity index is 1.57. The molecule has 2 aliphatic rings. The second kappa shape index (κ2) is 9.99. The zero-order chi connectivity index (χ0) is 23.4. The van der Waals surface area contributed by atoms with Crippen LogP contribution in [0.5, 0.6) is 0 Å². The maximum Gasteiger partial charge on any atom is 0.411 e. The lowest BCUT2D eigenvalue weighted by Gasteiger charge is -2.25. The summed E-state index contributed by atoms with van der Waals surface area (Å²) in [5.74, 6) is -1.00. The van der Waals surface area contributed by atoms with Crippen LogP contribution < -0.4 is 10.6 Å². The largest absolute Gasteiger partial charge is 0.438 e. The molecule has 2 aromatic carbocycles. The molecule has 3 amide bonds. The number of cyclic esters (lactones) is 1. The van der Waals surface area contributed by atoms with Crippen LogP contribution in [0.15, 0.2) is 48.5 Å². The molecule has 2 aliphatic heterocycles. The van der Waals surface area contributed by atoms with Gasteiger partial charge in [0.15, 0.2) is 12.1 Å². The van der Waals surface area contributed by atoms with Gasteiger partial charge in [0.1, 0.15) is 5.82 Å². The van der Waals surface area contributed by atoms with Gasteiger partial charge in [-0.2, -0.15) is 0 Å². The van der Waals surface area contributed by atoms with Gasteiger partial charge in [-0.3, -0.25) is 14.5 Å². The molecule has 2 heterocycles. The molecule has 3 atom stereocenters. The minimum atomic E-state index is -0.950. The van der Waals surface area contributed by atoms with Gasteiger partial charge in [0, 0.05) is 25.8 Å². The number of hydrogen-bond donors (Lipinski definition) is 2. The van der Waals surface area contributed by atoms with Crippen LogP contribution in [0, 0.1) is 5.82 Å². The molecule has 2 N–H and O–H groups in total. The number of carbonyl (C=O) groups is 3. The number of nitrogens with one attached hydrogen (secondary N) is 2. The highest BCUT2D eigenvalue weighted by molar-refractivity contribution is 5.90.